The smallest absolute Gasteiger partial charge is 0.138 e. The maximum Gasteiger partial charge on any atom is 0.138 e. The molecule has 0 amide bonds. The summed E-state index contributed by atoms with van der Waals surface area (Å²) in [7, 11) is 0. The number of nitrogens with zero attached hydrogens (tertiary/aromatic N) is 2. The summed E-state index contributed by atoms with van der Waals surface area (Å²) >= 11 is 0. The summed E-state index contributed by atoms with van der Waals surface area (Å²) in [6.45, 7) is 3.93. The van der Waals surface area contributed by atoms with E-state index in [1.54, 1.807) is 0 Å². The van der Waals surface area contributed by atoms with Crippen molar-refractivity contribution in [3.63, 3.8) is 0 Å². The van der Waals surface area contributed by atoms with Gasteiger partial charge in [-0.1, -0.05) is 37.3 Å². The van der Waals surface area contributed by atoms with E-state index in [-0.39, 0.29) is 5.78 Å². The summed E-state index contributed by atoms with van der Waals surface area (Å²) in [4.78, 5) is 11.7. The zero-order valence-electron chi connectivity index (χ0n) is 11.6. The van der Waals surface area contributed by atoms with Gasteiger partial charge in [0, 0.05) is 19.5 Å². The Balaban J connectivity index is 2.18. The van der Waals surface area contributed by atoms with E-state index in [1.807, 2.05) is 37.3 Å². The van der Waals surface area contributed by atoms with Gasteiger partial charge < -0.3 is 0 Å². The summed E-state index contributed by atoms with van der Waals surface area (Å²) in [5.41, 5.74) is 1.98. The number of carbonyl (C=O) groups is 1. The van der Waals surface area contributed by atoms with Crippen LogP contribution in [0.4, 0.5) is 0 Å². The van der Waals surface area contributed by atoms with Gasteiger partial charge >= 0.3 is 0 Å². The molecule has 0 saturated carbocycles. The van der Waals surface area contributed by atoms with Crippen LogP contribution in [0.2, 0.25) is 0 Å². The highest BCUT2D eigenvalue weighted by molar-refractivity contribution is 6.10. The number of Topliss-reactive ketones (excluding diaryl/α,β-unsaturated/α-hetero) is 1. The van der Waals surface area contributed by atoms with Crippen LogP contribution in [-0.4, -0.2) is 29.6 Å². The van der Waals surface area contributed by atoms with E-state index in [9.17, 15) is 4.79 Å². The van der Waals surface area contributed by atoms with Gasteiger partial charge in [0.05, 0.1) is 12.1 Å². The molecular formula is C16H22N2O. The molecule has 0 aliphatic carbocycles. The standard InChI is InChI=1S/C16H22N2O/c1-2-15(19)13-16(14-9-5-3-6-10-14)17-18-11-7-4-8-12-18/h3,5-6,9-10H,2,4,7-8,11-13H2,1H3/b17-16+. The molecule has 1 heterocycles. The Kier molecular flexibility index (Phi) is 5.13. The third-order valence-electron chi connectivity index (χ3n) is 3.46. The Bertz CT molecular complexity index is 433. The fourth-order valence-electron chi connectivity index (χ4n) is 2.29. The third kappa shape index (κ3) is 4.19. The molecule has 3 heteroatoms. The van der Waals surface area contributed by atoms with Crippen LogP contribution >= 0.6 is 0 Å². The lowest BCUT2D eigenvalue weighted by Gasteiger charge is -2.25. The molecule has 2 rings (SSSR count). The van der Waals surface area contributed by atoms with Crippen molar-refractivity contribution in [1.82, 2.24) is 5.01 Å². The first-order valence-electron chi connectivity index (χ1n) is 7.19. The largest absolute Gasteiger partial charge is 0.299 e. The number of hydrogen-bond donors (Lipinski definition) is 0. The van der Waals surface area contributed by atoms with Crippen LogP contribution < -0.4 is 0 Å². The quantitative estimate of drug-likeness (QED) is 0.759. The lowest BCUT2D eigenvalue weighted by molar-refractivity contribution is -0.117. The van der Waals surface area contributed by atoms with E-state index in [4.69, 9.17) is 5.10 Å². The molecule has 102 valence electrons. The fraction of sp³-hybridized carbons (Fsp3) is 0.500. The highest BCUT2D eigenvalue weighted by Crippen LogP contribution is 2.13. The van der Waals surface area contributed by atoms with Crippen LogP contribution in [0, 0.1) is 0 Å². The number of piperidine rings is 1. The molecule has 1 aliphatic rings. The van der Waals surface area contributed by atoms with Crippen molar-refractivity contribution < 1.29 is 4.79 Å². The maximum atomic E-state index is 11.7. The van der Waals surface area contributed by atoms with Gasteiger partial charge in [0.1, 0.15) is 5.78 Å². The van der Waals surface area contributed by atoms with Crippen molar-refractivity contribution in [1.29, 1.82) is 0 Å². The SMILES string of the molecule is CCC(=O)C/C(=N\N1CCCCC1)c1ccccc1. The van der Waals surface area contributed by atoms with Gasteiger partial charge in [-0.2, -0.15) is 5.10 Å². The van der Waals surface area contributed by atoms with Crippen molar-refractivity contribution in [2.24, 2.45) is 5.10 Å². The summed E-state index contributed by atoms with van der Waals surface area (Å²) < 4.78 is 0. The lowest BCUT2D eigenvalue weighted by atomic mass is 10.0. The molecule has 19 heavy (non-hydrogen) atoms. The van der Waals surface area contributed by atoms with E-state index in [2.05, 4.69) is 5.01 Å². The second kappa shape index (κ2) is 7.07. The first-order valence-corrected chi connectivity index (χ1v) is 7.19. The molecule has 0 bridgehead atoms. The molecule has 0 N–H and O–H groups in total. The first-order chi connectivity index (χ1) is 9.29. The van der Waals surface area contributed by atoms with E-state index in [0.717, 1.165) is 24.4 Å². The normalized spacial score (nSPS) is 16.5. The summed E-state index contributed by atoms with van der Waals surface area (Å²) in [6, 6.07) is 10.1. The van der Waals surface area contributed by atoms with Gasteiger partial charge in [-0.05, 0) is 24.8 Å². The fourth-order valence-corrected chi connectivity index (χ4v) is 2.29. The predicted octanol–water partition coefficient (Wildman–Crippen LogP) is 3.25. The zero-order chi connectivity index (χ0) is 13.5. The van der Waals surface area contributed by atoms with E-state index >= 15 is 0 Å². The minimum Gasteiger partial charge on any atom is -0.299 e. The molecule has 3 nitrogen and oxygen atoms in total. The van der Waals surface area contributed by atoms with Crippen LogP contribution in [0.5, 0.6) is 0 Å². The first kappa shape index (κ1) is 13.8. The van der Waals surface area contributed by atoms with E-state index in [1.165, 1.54) is 19.3 Å². The molecule has 0 spiro atoms. The summed E-state index contributed by atoms with van der Waals surface area (Å²) in [5.74, 6) is 0.250. The van der Waals surface area contributed by atoms with Crippen LogP contribution in [0.25, 0.3) is 0 Å². The van der Waals surface area contributed by atoms with Gasteiger partial charge in [0.2, 0.25) is 0 Å². The monoisotopic (exact) mass is 258 g/mol. The average molecular weight is 258 g/mol. The second-order valence-corrected chi connectivity index (χ2v) is 5.00. The number of hydrogen-bond acceptors (Lipinski definition) is 3. The number of carbonyl (C=O) groups excluding carboxylic acids is 1. The zero-order valence-corrected chi connectivity index (χ0v) is 11.6. The molecule has 0 atom stereocenters. The molecule has 1 aromatic rings. The molecule has 1 aliphatic heterocycles. The topological polar surface area (TPSA) is 32.7 Å². The van der Waals surface area contributed by atoms with Crippen molar-refractivity contribution >= 4 is 11.5 Å². The second-order valence-electron chi connectivity index (χ2n) is 5.00. The highest BCUT2D eigenvalue weighted by atomic mass is 16.1. The Labute approximate surface area is 115 Å². The Morgan fingerprint density at radius 2 is 1.84 bits per heavy atom. The minimum atomic E-state index is 0.250. The molecule has 0 radical (unpaired) electrons. The number of rotatable bonds is 5. The van der Waals surface area contributed by atoms with Gasteiger partial charge in [-0.15, -0.1) is 0 Å². The summed E-state index contributed by atoms with van der Waals surface area (Å²) in [5, 5.41) is 6.84. The lowest BCUT2D eigenvalue weighted by Crippen LogP contribution is -2.26. The molecule has 0 aromatic heterocycles. The minimum absolute atomic E-state index is 0.250. The average Bonchev–Trinajstić information content (AvgIpc) is 2.48. The van der Waals surface area contributed by atoms with Crippen molar-refractivity contribution in [3.8, 4) is 0 Å². The van der Waals surface area contributed by atoms with Gasteiger partial charge in [0.25, 0.3) is 0 Å². The van der Waals surface area contributed by atoms with Gasteiger partial charge in [-0.25, -0.2) is 0 Å². The van der Waals surface area contributed by atoms with Crippen molar-refractivity contribution in [2.45, 2.75) is 39.0 Å². The van der Waals surface area contributed by atoms with Crippen molar-refractivity contribution in [3.05, 3.63) is 35.9 Å². The number of benzene rings is 1. The van der Waals surface area contributed by atoms with Gasteiger partial charge in [0.15, 0.2) is 0 Å². The molecule has 1 aromatic carbocycles. The van der Waals surface area contributed by atoms with E-state index < -0.39 is 0 Å². The van der Waals surface area contributed by atoms with Crippen LogP contribution in [0.15, 0.2) is 35.4 Å². The number of hydrazone groups is 1. The summed E-state index contributed by atoms with van der Waals surface area (Å²) in [6.07, 6.45) is 4.71. The van der Waals surface area contributed by atoms with Gasteiger partial charge in [-0.3, -0.25) is 9.80 Å². The molecular weight excluding hydrogens is 236 g/mol. The van der Waals surface area contributed by atoms with E-state index in [0.29, 0.717) is 12.8 Å². The Morgan fingerprint density at radius 1 is 1.16 bits per heavy atom. The van der Waals surface area contributed by atoms with Crippen LogP contribution in [0.3, 0.4) is 0 Å². The predicted molar refractivity (Wildman–Crippen MR) is 78.3 cm³/mol. The molecule has 1 fully saturated rings. The Hall–Kier alpha value is -1.64. The molecule has 1 saturated heterocycles. The van der Waals surface area contributed by atoms with Crippen LogP contribution in [-0.2, 0) is 4.79 Å². The highest BCUT2D eigenvalue weighted by Gasteiger charge is 2.13. The Morgan fingerprint density at radius 3 is 2.47 bits per heavy atom. The van der Waals surface area contributed by atoms with Crippen molar-refractivity contribution in [2.75, 3.05) is 13.1 Å². The third-order valence-corrected chi connectivity index (χ3v) is 3.46. The maximum absolute atomic E-state index is 11.7. The van der Waals surface area contributed by atoms with Crippen LogP contribution in [0.1, 0.15) is 44.6 Å². The number of ketones is 1. The molecule has 0 unspecified atom stereocenters.